The topological polar surface area (TPSA) is 91.1 Å². The Labute approximate surface area is 117 Å². The SMILES string of the molecule is COCCCOCCOc1cc(CO)ccc1[N+](=O)[O-]. The van der Waals surface area contributed by atoms with Crippen molar-refractivity contribution >= 4 is 5.69 Å². The van der Waals surface area contributed by atoms with Crippen molar-refractivity contribution in [2.45, 2.75) is 13.0 Å². The molecule has 0 aromatic heterocycles. The van der Waals surface area contributed by atoms with E-state index in [0.717, 1.165) is 6.42 Å². The summed E-state index contributed by atoms with van der Waals surface area (Å²) in [7, 11) is 1.62. The number of aliphatic hydroxyl groups is 1. The summed E-state index contributed by atoms with van der Waals surface area (Å²) in [6.45, 7) is 1.54. The summed E-state index contributed by atoms with van der Waals surface area (Å²) in [5.74, 6) is 0.141. The highest BCUT2D eigenvalue weighted by Crippen LogP contribution is 2.27. The van der Waals surface area contributed by atoms with Crippen LogP contribution in [0.1, 0.15) is 12.0 Å². The number of ether oxygens (including phenoxy) is 3. The molecule has 0 aliphatic rings. The second-order valence-corrected chi connectivity index (χ2v) is 4.02. The first-order valence-corrected chi connectivity index (χ1v) is 6.26. The van der Waals surface area contributed by atoms with Crippen molar-refractivity contribution < 1.29 is 24.2 Å². The van der Waals surface area contributed by atoms with Gasteiger partial charge in [0, 0.05) is 26.4 Å². The van der Waals surface area contributed by atoms with Gasteiger partial charge < -0.3 is 19.3 Å². The Morgan fingerprint density at radius 1 is 1.25 bits per heavy atom. The average molecular weight is 285 g/mol. The number of rotatable bonds is 10. The van der Waals surface area contributed by atoms with Gasteiger partial charge in [-0.15, -0.1) is 0 Å². The van der Waals surface area contributed by atoms with Crippen molar-refractivity contribution in [2.24, 2.45) is 0 Å². The zero-order valence-electron chi connectivity index (χ0n) is 11.4. The molecule has 0 aliphatic carbocycles. The van der Waals surface area contributed by atoms with Crippen LogP contribution in [-0.2, 0) is 16.1 Å². The molecule has 0 radical (unpaired) electrons. The summed E-state index contributed by atoms with van der Waals surface area (Å²) >= 11 is 0. The lowest BCUT2D eigenvalue weighted by atomic mass is 10.2. The number of methoxy groups -OCH3 is 1. The first-order valence-electron chi connectivity index (χ1n) is 6.26. The molecule has 1 aromatic rings. The molecule has 0 atom stereocenters. The van der Waals surface area contributed by atoms with Gasteiger partial charge in [-0.2, -0.15) is 0 Å². The van der Waals surface area contributed by atoms with E-state index in [0.29, 0.717) is 25.4 Å². The Bertz CT molecular complexity index is 423. The molecule has 0 fully saturated rings. The van der Waals surface area contributed by atoms with Crippen LogP contribution in [0.25, 0.3) is 0 Å². The third-order valence-electron chi connectivity index (χ3n) is 2.53. The molecule has 0 bridgehead atoms. The molecule has 1 N–H and O–H groups in total. The van der Waals surface area contributed by atoms with Crippen molar-refractivity contribution in [1.29, 1.82) is 0 Å². The summed E-state index contributed by atoms with van der Waals surface area (Å²) in [5.41, 5.74) is 0.438. The van der Waals surface area contributed by atoms with Crippen LogP contribution >= 0.6 is 0 Å². The van der Waals surface area contributed by atoms with Crippen molar-refractivity contribution in [3.8, 4) is 5.75 Å². The summed E-state index contributed by atoms with van der Waals surface area (Å²) in [6.07, 6.45) is 0.788. The van der Waals surface area contributed by atoms with Crippen LogP contribution < -0.4 is 4.74 Å². The van der Waals surface area contributed by atoms with Gasteiger partial charge >= 0.3 is 5.69 Å². The number of benzene rings is 1. The third kappa shape index (κ3) is 5.52. The van der Waals surface area contributed by atoms with Gasteiger partial charge in [-0.05, 0) is 24.1 Å². The smallest absolute Gasteiger partial charge is 0.310 e. The highest BCUT2D eigenvalue weighted by Gasteiger charge is 2.15. The highest BCUT2D eigenvalue weighted by atomic mass is 16.6. The lowest BCUT2D eigenvalue weighted by Gasteiger charge is -2.08. The fourth-order valence-electron chi connectivity index (χ4n) is 1.54. The Balaban J connectivity index is 2.43. The van der Waals surface area contributed by atoms with Crippen LogP contribution in [0.4, 0.5) is 5.69 Å². The Hall–Kier alpha value is -1.70. The molecule has 1 rings (SSSR count). The summed E-state index contributed by atoms with van der Waals surface area (Å²) < 4.78 is 15.5. The van der Waals surface area contributed by atoms with E-state index in [1.807, 2.05) is 0 Å². The standard InChI is InChI=1S/C13H19NO6/c1-18-5-2-6-19-7-8-20-13-9-11(10-15)3-4-12(13)14(16)17/h3-4,9,15H,2,5-8,10H2,1H3. The molecule has 0 saturated heterocycles. The molecule has 20 heavy (non-hydrogen) atoms. The Morgan fingerprint density at radius 3 is 2.70 bits per heavy atom. The monoisotopic (exact) mass is 285 g/mol. The summed E-state index contributed by atoms with van der Waals surface area (Å²) in [6, 6.07) is 4.27. The maximum Gasteiger partial charge on any atom is 0.310 e. The zero-order chi connectivity index (χ0) is 14.8. The number of hydrogen-bond acceptors (Lipinski definition) is 6. The molecule has 0 heterocycles. The predicted molar refractivity (Wildman–Crippen MR) is 71.8 cm³/mol. The molecule has 0 spiro atoms. The molecule has 0 saturated carbocycles. The zero-order valence-corrected chi connectivity index (χ0v) is 11.4. The number of nitro benzene ring substituents is 1. The normalized spacial score (nSPS) is 10.5. The average Bonchev–Trinajstić information content (AvgIpc) is 2.45. The molecule has 0 aliphatic heterocycles. The molecular formula is C13H19NO6. The van der Waals surface area contributed by atoms with Gasteiger partial charge in [0.05, 0.1) is 18.1 Å². The molecule has 112 valence electrons. The van der Waals surface area contributed by atoms with Gasteiger partial charge in [0.1, 0.15) is 6.61 Å². The van der Waals surface area contributed by atoms with E-state index in [1.54, 1.807) is 7.11 Å². The number of hydrogen-bond donors (Lipinski definition) is 1. The van der Waals surface area contributed by atoms with Crippen molar-refractivity contribution in [2.75, 3.05) is 33.5 Å². The van der Waals surface area contributed by atoms with Gasteiger partial charge in [-0.1, -0.05) is 0 Å². The van der Waals surface area contributed by atoms with Crippen LogP contribution in [0.2, 0.25) is 0 Å². The number of nitrogens with zero attached hydrogens (tertiary/aromatic N) is 1. The van der Waals surface area contributed by atoms with Crippen molar-refractivity contribution in [3.05, 3.63) is 33.9 Å². The van der Waals surface area contributed by atoms with Crippen LogP contribution in [0.5, 0.6) is 5.75 Å². The van der Waals surface area contributed by atoms with E-state index in [1.165, 1.54) is 18.2 Å². The third-order valence-corrected chi connectivity index (χ3v) is 2.53. The van der Waals surface area contributed by atoms with Crippen LogP contribution in [0.15, 0.2) is 18.2 Å². The Kier molecular flexibility index (Phi) is 7.56. The predicted octanol–water partition coefficient (Wildman–Crippen LogP) is 1.52. The first-order chi connectivity index (χ1) is 9.69. The van der Waals surface area contributed by atoms with E-state index in [9.17, 15) is 10.1 Å². The van der Waals surface area contributed by atoms with E-state index in [2.05, 4.69) is 0 Å². The lowest BCUT2D eigenvalue weighted by molar-refractivity contribution is -0.385. The fraction of sp³-hybridized carbons (Fsp3) is 0.538. The molecule has 7 nitrogen and oxygen atoms in total. The molecule has 0 amide bonds. The maximum absolute atomic E-state index is 10.8. The number of aliphatic hydroxyl groups excluding tert-OH is 1. The van der Waals surface area contributed by atoms with Crippen LogP contribution in [-0.4, -0.2) is 43.6 Å². The van der Waals surface area contributed by atoms with Gasteiger partial charge in [0.25, 0.3) is 0 Å². The summed E-state index contributed by atoms with van der Waals surface area (Å²) in [5, 5.41) is 19.9. The lowest BCUT2D eigenvalue weighted by Crippen LogP contribution is -2.09. The molecule has 1 aromatic carbocycles. The minimum Gasteiger partial charge on any atom is -0.484 e. The number of nitro groups is 1. The molecular weight excluding hydrogens is 266 g/mol. The Morgan fingerprint density at radius 2 is 2.05 bits per heavy atom. The van der Waals surface area contributed by atoms with Crippen LogP contribution in [0.3, 0.4) is 0 Å². The summed E-state index contributed by atoms with van der Waals surface area (Å²) in [4.78, 5) is 10.3. The molecule has 0 unspecified atom stereocenters. The largest absolute Gasteiger partial charge is 0.484 e. The van der Waals surface area contributed by atoms with E-state index in [4.69, 9.17) is 19.3 Å². The fourth-order valence-corrected chi connectivity index (χ4v) is 1.54. The van der Waals surface area contributed by atoms with Crippen molar-refractivity contribution in [1.82, 2.24) is 0 Å². The second-order valence-electron chi connectivity index (χ2n) is 4.02. The minimum atomic E-state index is -0.518. The second kappa shape index (κ2) is 9.24. The van der Waals surface area contributed by atoms with Gasteiger partial charge in [0.15, 0.2) is 5.75 Å². The van der Waals surface area contributed by atoms with E-state index in [-0.39, 0.29) is 24.7 Å². The highest BCUT2D eigenvalue weighted by molar-refractivity contribution is 5.48. The van der Waals surface area contributed by atoms with Gasteiger partial charge in [-0.25, -0.2) is 0 Å². The van der Waals surface area contributed by atoms with Gasteiger partial charge in [-0.3, -0.25) is 10.1 Å². The minimum absolute atomic E-state index is 0.124. The van der Waals surface area contributed by atoms with E-state index >= 15 is 0 Å². The first kappa shape index (κ1) is 16.4. The van der Waals surface area contributed by atoms with Crippen LogP contribution in [0, 0.1) is 10.1 Å². The quantitative estimate of drug-likeness (QED) is 0.398. The van der Waals surface area contributed by atoms with Crippen molar-refractivity contribution in [3.63, 3.8) is 0 Å². The van der Waals surface area contributed by atoms with E-state index < -0.39 is 4.92 Å². The maximum atomic E-state index is 10.8. The van der Waals surface area contributed by atoms with Gasteiger partial charge in [0.2, 0.25) is 0 Å². The molecule has 7 heteroatoms.